The molecule has 1 fully saturated rings. The van der Waals surface area contributed by atoms with E-state index in [0.29, 0.717) is 12.5 Å². The van der Waals surface area contributed by atoms with E-state index in [4.69, 9.17) is 4.74 Å². The fraction of sp³-hybridized carbons (Fsp3) is 0.923. The Bertz CT molecular complexity index is 155. The zero-order valence-electron chi connectivity index (χ0n) is 10.0. The molecule has 0 aromatic carbocycles. The molecule has 0 bridgehead atoms. The lowest BCUT2D eigenvalue weighted by atomic mass is 9.80. The van der Waals surface area contributed by atoms with Gasteiger partial charge in [-0.25, -0.2) is 0 Å². The molecule has 0 aromatic heterocycles. The second-order valence-corrected chi connectivity index (χ2v) is 3.62. The van der Waals surface area contributed by atoms with E-state index in [0.717, 1.165) is 6.42 Å². The summed E-state index contributed by atoms with van der Waals surface area (Å²) >= 11 is 0. The number of hydrogen-bond donors (Lipinski definition) is 0. The number of rotatable bonds is 2. The van der Waals surface area contributed by atoms with Crippen LogP contribution in [0.25, 0.3) is 0 Å². The maximum Gasteiger partial charge on any atom is 0.309 e. The van der Waals surface area contributed by atoms with Gasteiger partial charge in [-0.1, -0.05) is 41.0 Å². The normalized spacial score (nSPS) is 24.3. The molecule has 0 radical (unpaired) electrons. The van der Waals surface area contributed by atoms with Crippen molar-refractivity contribution in [1.29, 1.82) is 0 Å². The van der Waals surface area contributed by atoms with Crippen LogP contribution in [0.15, 0.2) is 0 Å². The van der Waals surface area contributed by atoms with Gasteiger partial charge >= 0.3 is 5.97 Å². The molecule has 0 aromatic rings. The van der Waals surface area contributed by atoms with Gasteiger partial charge in [-0.3, -0.25) is 4.79 Å². The van der Waals surface area contributed by atoms with Crippen LogP contribution in [0, 0.1) is 11.8 Å². The van der Waals surface area contributed by atoms with E-state index in [1.54, 1.807) is 0 Å². The number of esters is 1. The molecular formula is C13H28O2. The highest BCUT2D eigenvalue weighted by atomic mass is 16.5. The first-order valence-corrected chi connectivity index (χ1v) is 5.92. The Morgan fingerprint density at radius 3 is 2.27 bits per heavy atom. The van der Waals surface area contributed by atoms with Crippen molar-refractivity contribution >= 4 is 5.97 Å². The van der Waals surface area contributed by atoms with Crippen molar-refractivity contribution in [1.82, 2.24) is 0 Å². The van der Waals surface area contributed by atoms with E-state index in [1.165, 1.54) is 19.3 Å². The van der Waals surface area contributed by atoms with Gasteiger partial charge in [0.25, 0.3) is 0 Å². The average Bonchev–Trinajstić information content (AvgIpc) is 2.22. The van der Waals surface area contributed by atoms with Crippen LogP contribution in [-0.2, 0) is 9.53 Å². The fourth-order valence-electron chi connectivity index (χ4n) is 1.92. The van der Waals surface area contributed by atoms with E-state index in [2.05, 4.69) is 6.92 Å². The third kappa shape index (κ3) is 5.81. The summed E-state index contributed by atoms with van der Waals surface area (Å²) in [6, 6.07) is 0. The molecule has 2 unspecified atom stereocenters. The SMILES string of the molecule is C.CC.CCOC(=O)C1CCCCC1C. The minimum atomic E-state index is 0. The lowest BCUT2D eigenvalue weighted by Gasteiger charge is -2.26. The summed E-state index contributed by atoms with van der Waals surface area (Å²) < 4.78 is 5.01. The predicted octanol–water partition coefficient (Wildman–Crippen LogP) is 4.04. The number of ether oxygens (including phenoxy) is 1. The van der Waals surface area contributed by atoms with Crippen LogP contribution >= 0.6 is 0 Å². The van der Waals surface area contributed by atoms with Crippen molar-refractivity contribution in [3.63, 3.8) is 0 Å². The lowest BCUT2D eigenvalue weighted by molar-refractivity contribution is -0.150. The van der Waals surface area contributed by atoms with Crippen LogP contribution in [-0.4, -0.2) is 12.6 Å². The molecule has 2 atom stereocenters. The van der Waals surface area contributed by atoms with Gasteiger partial charge in [0.2, 0.25) is 0 Å². The minimum absolute atomic E-state index is 0. The van der Waals surface area contributed by atoms with Crippen LogP contribution in [0.5, 0.6) is 0 Å². The average molecular weight is 216 g/mol. The van der Waals surface area contributed by atoms with Crippen molar-refractivity contribution in [2.24, 2.45) is 11.8 Å². The zero-order chi connectivity index (χ0) is 11.0. The highest BCUT2D eigenvalue weighted by Crippen LogP contribution is 2.30. The van der Waals surface area contributed by atoms with E-state index >= 15 is 0 Å². The standard InChI is InChI=1S/C10H18O2.C2H6.CH4/c1-3-12-10(11)9-7-5-4-6-8(9)2;1-2;/h8-9H,3-7H2,1-2H3;1-2H3;1H4. The van der Waals surface area contributed by atoms with Gasteiger partial charge < -0.3 is 4.74 Å². The molecule has 0 N–H and O–H groups in total. The molecule has 15 heavy (non-hydrogen) atoms. The number of carbonyl (C=O) groups is 1. The van der Waals surface area contributed by atoms with Gasteiger partial charge in [0, 0.05) is 0 Å². The summed E-state index contributed by atoms with van der Waals surface area (Å²) in [5, 5.41) is 0. The van der Waals surface area contributed by atoms with Crippen LogP contribution < -0.4 is 0 Å². The van der Waals surface area contributed by atoms with Gasteiger partial charge in [0.15, 0.2) is 0 Å². The molecule has 2 heteroatoms. The molecule has 0 heterocycles. The summed E-state index contributed by atoms with van der Waals surface area (Å²) in [6.07, 6.45) is 4.67. The molecule has 1 saturated carbocycles. The van der Waals surface area contributed by atoms with Crippen LogP contribution in [0.1, 0.15) is 60.8 Å². The molecule has 1 rings (SSSR count). The first-order chi connectivity index (χ1) is 6.75. The minimum Gasteiger partial charge on any atom is -0.466 e. The number of carbonyl (C=O) groups excluding carboxylic acids is 1. The highest BCUT2D eigenvalue weighted by molar-refractivity contribution is 5.72. The van der Waals surface area contributed by atoms with Gasteiger partial charge in [0.05, 0.1) is 12.5 Å². The molecular weight excluding hydrogens is 188 g/mol. The molecule has 0 amide bonds. The Morgan fingerprint density at radius 1 is 1.27 bits per heavy atom. The summed E-state index contributed by atoms with van der Waals surface area (Å²) in [7, 11) is 0. The van der Waals surface area contributed by atoms with Gasteiger partial charge in [-0.15, -0.1) is 0 Å². The van der Waals surface area contributed by atoms with Crippen molar-refractivity contribution in [2.75, 3.05) is 6.61 Å². The van der Waals surface area contributed by atoms with Gasteiger partial charge in [0.1, 0.15) is 0 Å². The van der Waals surface area contributed by atoms with E-state index in [-0.39, 0.29) is 19.3 Å². The molecule has 1 aliphatic carbocycles. The highest BCUT2D eigenvalue weighted by Gasteiger charge is 2.28. The second kappa shape index (κ2) is 10.0. The van der Waals surface area contributed by atoms with Crippen molar-refractivity contribution in [2.45, 2.75) is 60.8 Å². The largest absolute Gasteiger partial charge is 0.466 e. The monoisotopic (exact) mass is 216 g/mol. The molecule has 0 spiro atoms. The van der Waals surface area contributed by atoms with Crippen LogP contribution in [0.4, 0.5) is 0 Å². The molecule has 0 saturated heterocycles. The summed E-state index contributed by atoms with van der Waals surface area (Å²) in [6.45, 7) is 8.54. The number of hydrogen-bond acceptors (Lipinski definition) is 2. The lowest BCUT2D eigenvalue weighted by Crippen LogP contribution is -2.27. The predicted molar refractivity (Wildman–Crippen MR) is 65.8 cm³/mol. The van der Waals surface area contributed by atoms with Crippen molar-refractivity contribution < 1.29 is 9.53 Å². The first-order valence-electron chi connectivity index (χ1n) is 5.92. The topological polar surface area (TPSA) is 26.3 Å². The third-order valence-corrected chi connectivity index (χ3v) is 2.70. The Hall–Kier alpha value is -0.530. The van der Waals surface area contributed by atoms with Crippen molar-refractivity contribution in [3.8, 4) is 0 Å². The molecule has 92 valence electrons. The smallest absolute Gasteiger partial charge is 0.309 e. The van der Waals surface area contributed by atoms with Crippen LogP contribution in [0.3, 0.4) is 0 Å². The van der Waals surface area contributed by atoms with Crippen LogP contribution in [0.2, 0.25) is 0 Å². The molecule has 0 aliphatic heterocycles. The molecule has 1 aliphatic rings. The van der Waals surface area contributed by atoms with Gasteiger partial charge in [-0.05, 0) is 25.7 Å². The Labute approximate surface area is 95.4 Å². The third-order valence-electron chi connectivity index (χ3n) is 2.70. The first kappa shape index (κ1) is 16.9. The summed E-state index contributed by atoms with van der Waals surface area (Å²) in [5.74, 6) is 0.723. The fourth-order valence-corrected chi connectivity index (χ4v) is 1.92. The second-order valence-electron chi connectivity index (χ2n) is 3.62. The Balaban J connectivity index is 0. The zero-order valence-corrected chi connectivity index (χ0v) is 10.0. The molecule has 2 nitrogen and oxygen atoms in total. The van der Waals surface area contributed by atoms with E-state index in [9.17, 15) is 4.79 Å². The summed E-state index contributed by atoms with van der Waals surface area (Å²) in [5.41, 5.74) is 0. The maximum absolute atomic E-state index is 11.4. The maximum atomic E-state index is 11.4. The van der Waals surface area contributed by atoms with E-state index in [1.807, 2.05) is 20.8 Å². The van der Waals surface area contributed by atoms with Crippen molar-refractivity contribution in [3.05, 3.63) is 0 Å². The van der Waals surface area contributed by atoms with Gasteiger partial charge in [-0.2, -0.15) is 0 Å². The summed E-state index contributed by atoms with van der Waals surface area (Å²) in [4.78, 5) is 11.4. The van der Waals surface area contributed by atoms with E-state index < -0.39 is 0 Å². The Kier molecular flexibility index (Phi) is 11.3. The Morgan fingerprint density at radius 2 is 1.80 bits per heavy atom. The quantitative estimate of drug-likeness (QED) is 0.651.